The molecule has 6 heteroatoms. The molecule has 0 spiro atoms. The van der Waals surface area contributed by atoms with Crippen LogP contribution in [0, 0.1) is 0 Å². The highest BCUT2D eigenvalue weighted by molar-refractivity contribution is 6.47. The van der Waals surface area contributed by atoms with Crippen LogP contribution < -0.4 is 4.74 Å². The fourth-order valence-electron chi connectivity index (χ4n) is 1.52. The van der Waals surface area contributed by atoms with Gasteiger partial charge in [0.05, 0.1) is 16.8 Å². The first-order valence-corrected chi connectivity index (χ1v) is 6.37. The maximum absolute atomic E-state index is 11.9. The van der Waals surface area contributed by atoms with Crippen LogP contribution in [0.4, 0.5) is 0 Å². The van der Waals surface area contributed by atoms with Crippen molar-refractivity contribution >= 4 is 34.8 Å². The Morgan fingerprint density at radius 1 is 1.10 bits per heavy atom. The predicted octanol–water partition coefficient (Wildman–Crippen LogP) is 3.95. The summed E-state index contributed by atoms with van der Waals surface area (Å²) in [6, 6.07) is 6.54. The summed E-state index contributed by atoms with van der Waals surface area (Å²) in [5, 5.41) is 0.623. The number of ether oxygens (including phenoxy) is 1. The number of aromatic nitrogens is 1. The highest BCUT2D eigenvalue weighted by Gasteiger charge is 2.21. The number of rotatable bonds is 4. The lowest BCUT2D eigenvalue weighted by atomic mass is 10.1. The number of carbonyl (C=O) groups excluding carboxylic acids is 2. The van der Waals surface area contributed by atoms with Gasteiger partial charge >= 0.3 is 0 Å². The summed E-state index contributed by atoms with van der Waals surface area (Å²) < 4.78 is 5.54. The maximum atomic E-state index is 11.9. The SMILES string of the molecule is CC(=O)C(=O)c1c(Cl)cncc1Oc1ccc(Cl)cc1. The molecule has 0 atom stereocenters. The molecule has 1 heterocycles. The Balaban J connectivity index is 2.41. The van der Waals surface area contributed by atoms with Gasteiger partial charge in [-0.3, -0.25) is 14.6 Å². The molecule has 0 fully saturated rings. The van der Waals surface area contributed by atoms with Crippen molar-refractivity contribution in [3.05, 3.63) is 52.3 Å². The first-order valence-electron chi connectivity index (χ1n) is 5.61. The minimum absolute atomic E-state index is 0.00381. The van der Waals surface area contributed by atoms with Crippen molar-refractivity contribution in [2.24, 2.45) is 0 Å². The molecule has 0 N–H and O–H groups in total. The van der Waals surface area contributed by atoms with E-state index in [4.69, 9.17) is 27.9 Å². The largest absolute Gasteiger partial charge is 0.455 e. The second-order valence-electron chi connectivity index (χ2n) is 3.94. The maximum Gasteiger partial charge on any atom is 0.233 e. The molecular formula is C14H9Cl2NO3. The van der Waals surface area contributed by atoms with Crippen molar-refractivity contribution in [1.82, 2.24) is 4.98 Å². The highest BCUT2D eigenvalue weighted by Crippen LogP contribution is 2.30. The Labute approximate surface area is 125 Å². The molecule has 1 aromatic carbocycles. The van der Waals surface area contributed by atoms with Crippen molar-refractivity contribution < 1.29 is 14.3 Å². The Morgan fingerprint density at radius 2 is 1.75 bits per heavy atom. The van der Waals surface area contributed by atoms with Crippen LogP contribution in [0.1, 0.15) is 17.3 Å². The second-order valence-corrected chi connectivity index (χ2v) is 4.78. The zero-order valence-corrected chi connectivity index (χ0v) is 11.9. The van der Waals surface area contributed by atoms with E-state index in [-0.39, 0.29) is 16.3 Å². The average molecular weight is 310 g/mol. The van der Waals surface area contributed by atoms with Crippen molar-refractivity contribution in [3.8, 4) is 11.5 Å². The molecule has 0 aliphatic rings. The molecule has 0 aliphatic heterocycles. The van der Waals surface area contributed by atoms with Gasteiger partial charge < -0.3 is 4.74 Å². The summed E-state index contributed by atoms with van der Waals surface area (Å²) in [6.45, 7) is 1.17. The van der Waals surface area contributed by atoms with Crippen molar-refractivity contribution in [3.63, 3.8) is 0 Å². The molecule has 102 valence electrons. The van der Waals surface area contributed by atoms with Gasteiger partial charge in [0.1, 0.15) is 5.75 Å². The lowest BCUT2D eigenvalue weighted by molar-refractivity contribution is -0.113. The molecule has 2 aromatic rings. The van der Waals surface area contributed by atoms with Crippen LogP contribution in [0.3, 0.4) is 0 Å². The number of ketones is 2. The Kier molecular flexibility index (Phi) is 4.37. The number of nitrogens with zero attached hydrogens (tertiary/aromatic N) is 1. The fraction of sp³-hybridized carbons (Fsp3) is 0.0714. The molecule has 0 saturated heterocycles. The zero-order chi connectivity index (χ0) is 14.7. The van der Waals surface area contributed by atoms with Crippen molar-refractivity contribution in [2.75, 3.05) is 0 Å². The number of halogens is 2. The summed E-state index contributed by atoms with van der Waals surface area (Å²) in [4.78, 5) is 27.0. The average Bonchev–Trinajstić information content (AvgIpc) is 2.41. The number of hydrogen-bond acceptors (Lipinski definition) is 4. The first-order chi connectivity index (χ1) is 9.49. The Hall–Kier alpha value is -1.91. The minimum atomic E-state index is -0.721. The normalized spacial score (nSPS) is 10.2. The minimum Gasteiger partial charge on any atom is -0.455 e. The van der Waals surface area contributed by atoms with Gasteiger partial charge in [0.2, 0.25) is 5.78 Å². The summed E-state index contributed by atoms with van der Waals surface area (Å²) in [7, 11) is 0. The van der Waals surface area contributed by atoms with E-state index < -0.39 is 11.6 Å². The molecular weight excluding hydrogens is 301 g/mol. The molecule has 4 nitrogen and oxygen atoms in total. The van der Waals surface area contributed by atoms with Gasteiger partial charge in [0, 0.05) is 18.1 Å². The van der Waals surface area contributed by atoms with E-state index >= 15 is 0 Å². The molecule has 0 saturated carbocycles. The number of benzene rings is 1. The third-order valence-corrected chi connectivity index (χ3v) is 2.99. The summed E-state index contributed by atoms with van der Waals surface area (Å²) in [6.07, 6.45) is 2.61. The lowest BCUT2D eigenvalue weighted by Crippen LogP contribution is -2.12. The monoisotopic (exact) mass is 309 g/mol. The Morgan fingerprint density at radius 3 is 2.35 bits per heavy atom. The van der Waals surface area contributed by atoms with Crippen LogP contribution in [0.2, 0.25) is 10.0 Å². The number of carbonyl (C=O) groups is 2. The number of hydrogen-bond donors (Lipinski definition) is 0. The van der Waals surface area contributed by atoms with Gasteiger partial charge in [-0.2, -0.15) is 0 Å². The summed E-state index contributed by atoms with van der Waals surface area (Å²) in [5.74, 6) is -0.767. The number of pyridine rings is 1. The van der Waals surface area contributed by atoms with E-state index in [9.17, 15) is 9.59 Å². The van der Waals surface area contributed by atoms with E-state index in [2.05, 4.69) is 4.98 Å². The van der Waals surface area contributed by atoms with Gasteiger partial charge in [0.25, 0.3) is 0 Å². The topological polar surface area (TPSA) is 56.3 Å². The van der Waals surface area contributed by atoms with E-state index in [0.29, 0.717) is 10.8 Å². The standard InChI is InChI=1S/C14H9Cl2NO3/c1-8(18)14(19)13-11(16)6-17-7-12(13)20-10-4-2-9(15)3-5-10/h2-7H,1H3. The molecule has 2 rings (SSSR count). The second kappa shape index (κ2) is 6.03. The zero-order valence-electron chi connectivity index (χ0n) is 10.4. The molecule has 20 heavy (non-hydrogen) atoms. The van der Waals surface area contributed by atoms with E-state index in [0.717, 1.165) is 0 Å². The third-order valence-electron chi connectivity index (χ3n) is 2.45. The van der Waals surface area contributed by atoms with Crippen LogP contribution in [0.15, 0.2) is 36.7 Å². The van der Waals surface area contributed by atoms with Gasteiger partial charge in [-0.1, -0.05) is 23.2 Å². The van der Waals surface area contributed by atoms with Gasteiger partial charge in [0.15, 0.2) is 11.5 Å². The molecule has 0 aliphatic carbocycles. The molecule has 0 radical (unpaired) electrons. The molecule has 0 bridgehead atoms. The van der Waals surface area contributed by atoms with Crippen molar-refractivity contribution in [2.45, 2.75) is 6.92 Å². The fourth-order valence-corrected chi connectivity index (χ4v) is 1.88. The van der Waals surface area contributed by atoms with E-state index in [1.54, 1.807) is 24.3 Å². The summed E-state index contributed by atoms with van der Waals surface area (Å²) >= 11 is 11.7. The predicted molar refractivity (Wildman–Crippen MR) is 75.8 cm³/mol. The van der Waals surface area contributed by atoms with Crippen LogP contribution in [-0.4, -0.2) is 16.6 Å². The van der Waals surface area contributed by atoms with Crippen LogP contribution in [-0.2, 0) is 4.79 Å². The van der Waals surface area contributed by atoms with E-state index in [1.165, 1.54) is 19.3 Å². The highest BCUT2D eigenvalue weighted by atomic mass is 35.5. The lowest BCUT2D eigenvalue weighted by Gasteiger charge is -2.10. The third kappa shape index (κ3) is 3.15. The molecule has 1 aromatic heterocycles. The van der Waals surface area contributed by atoms with Gasteiger partial charge in [-0.25, -0.2) is 0 Å². The molecule has 0 amide bonds. The Bertz CT molecular complexity index is 669. The van der Waals surface area contributed by atoms with Crippen molar-refractivity contribution in [1.29, 1.82) is 0 Å². The van der Waals surface area contributed by atoms with Crippen LogP contribution in [0.25, 0.3) is 0 Å². The van der Waals surface area contributed by atoms with Crippen LogP contribution >= 0.6 is 23.2 Å². The summed E-state index contributed by atoms with van der Waals surface area (Å²) in [5.41, 5.74) is 0.00381. The molecule has 0 unspecified atom stereocenters. The quantitative estimate of drug-likeness (QED) is 0.634. The van der Waals surface area contributed by atoms with Gasteiger partial charge in [-0.15, -0.1) is 0 Å². The number of Topliss-reactive ketones (excluding diaryl/α,β-unsaturated/α-hetero) is 2. The first kappa shape index (κ1) is 14.5. The smallest absolute Gasteiger partial charge is 0.233 e. The van der Waals surface area contributed by atoms with Gasteiger partial charge in [-0.05, 0) is 24.3 Å². The van der Waals surface area contributed by atoms with E-state index in [1.807, 2.05) is 0 Å². The van der Waals surface area contributed by atoms with Crippen LogP contribution in [0.5, 0.6) is 11.5 Å².